The van der Waals surface area contributed by atoms with Crippen LogP contribution in [0.3, 0.4) is 0 Å². The average molecular weight is 306 g/mol. The van der Waals surface area contributed by atoms with E-state index in [1.807, 2.05) is 6.07 Å². The fourth-order valence-corrected chi connectivity index (χ4v) is 2.51. The summed E-state index contributed by atoms with van der Waals surface area (Å²) in [6.07, 6.45) is 3.16. The second-order valence-electron chi connectivity index (χ2n) is 3.99. The molecule has 0 amide bonds. The van der Waals surface area contributed by atoms with Crippen LogP contribution in [0.4, 0.5) is 5.82 Å². The van der Waals surface area contributed by atoms with Crippen LogP contribution in [-0.2, 0) is 4.74 Å². The maximum absolute atomic E-state index is 6.07. The largest absolute Gasteiger partial charge is 0.378 e. The topological polar surface area (TPSA) is 34.1 Å². The molecule has 1 N–H and O–H groups in total. The molecular formula is C11H14BrClN2O. The number of anilines is 1. The van der Waals surface area contributed by atoms with Gasteiger partial charge in [-0.1, -0.05) is 11.6 Å². The predicted octanol–water partition coefficient (Wildman–Crippen LogP) is 3.33. The van der Waals surface area contributed by atoms with E-state index in [0.717, 1.165) is 29.9 Å². The summed E-state index contributed by atoms with van der Waals surface area (Å²) in [6, 6.07) is 1.84. The Balaban J connectivity index is 1.94. The van der Waals surface area contributed by atoms with Crippen molar-refractivity contribution < 1.29 is 4.74 Å². The third kappa shape index (κ3) is 2.87. The summed E-state index contributed by atoms with van der Waals surface area (Å²) < 4.78 is 6.39. The quantitative estimate of drug-likeness (QED) is 0.930. The van der Waals surface area contributed by atoms with E-state index in [2.05, 4.69) is 33.2 Å². The highest BCUT2D eigenvalue weighted by Gasteiger charge is 2.23. The van der Waals surface area contributed by atoms with Gasteiger partial charge in [0, 0.05) is 29.7 Å². The molecule has 0 spiro atoms. The molecule has 2 heterocycles. The number of nitrogens with one attached hydrogen (secondary N) is 1. The maximum Gasteiger partial charge on any atom is 0.144 e. The molecule has 0 saturated carbocycles. The van der Waals surface area contributed by atoms with Crippen LogP contribution in [0.5, 0.6) is 0 Å². The summed E-state index contributed by atoms with van der Waals surface area (Å²) in [6.45, 7) is 3.82. The van der Waals surface area contributed by atoms with Gasteiger partial charge in [0.2, 0.25) is 0 Å². The van der Waals surface area contributed by atoms with Crippen molar-refractivity contribution in [3.63, 3.8) is 0 Å². The Morgan fingerprint density at radius 1 is 1.69 bits per heavy atom. The number of rotatable bonds is 3. The van der Waals surface area contributed by atoms with Crippen molar-refractivity contribution in [2.24, 2.45) is 5.92 Å². The summed E-state index contributed by atoms with van der Waals surface area (Å²) in [7, 11) is 0. The lowest BCUT2D eigenvalue weighted by Crippen LogP contribution is -2.21. The molecule has 3 nitrogen and oxygen atoms in total. The van der Waals surface area contributed by atoms with Gasteiger partial charge in [0.25, 0.3) is 0 Å². The molecule has 0 bridgehead atoms. The van der Waals surface area contributed by atoms with Crippen molar-refractivity contribution in [1.29, 1.82) is 0 Å². The number of halogens is 2. The molecule has 1 fully saturated rings. The summed E-state index contributed by atoms with van der Waals surface area (Å²) in [5.41, 5.74) is 0. The van der Waals surface area contributed by atoms with Gasteiger partial charge in [-0.05, 0) is 35.3 Å². The molecule has 2 rings (SSSR count). The minimum Gasteiger partial charge on any atom is -0.378 e. The van der Waals surface area contributed by atoms with Crippen LogP contribution < -0.4 is 5.32 Å². The fraction of sp³-hybridized carbons (Fsp3) is 0.545. The standard InChI is InChI=1S/C11H14BrClN2O/c1-7-8(2-3-16-7)5-14-11-10(13)4-9(12)6-15-11/h4,6-8H,2-3,5H2,1H3,(H,14,15). The van der Waals surface area contributed by atoms with Crippen molar-refractivity contribution >= 4 is 33.3 Å². The third-order valence-electron chi connectivity index (χ3n) is 2.87. The van der Waals surface area contributed by atoms with Crippen molar-refractivity contribution in [3.8, 4) is 0 Å². The van der Waals surface area contributed by atoms with E-state index in [9.17, 15) is 0 Å². The van der Waals surface area contributed by atoms with E-state index in [4.69, 9.17) is 16.3 Å². The minimum atomic E-state index is 0.321. The highest BCUT2D eigenvalue weighted by atomic mass is 79.9. The normalized spacial score (nSPS) is 24.7. The van der Waals surface area contributed by atoms with Gasteiger partial charge in [-0.25, -0.2) is 4.98 Å². The summed E-state index contributed by atoms with van der Waals surface area (Å²) in [5.74, 6) is 1.28. The van der Waals surface area contributed by atoms with Crippen molar-refractivity contribution in [2.75, 3.05) is 18.5 Å². The lowest BCUT2D eigenvalue weighted by Gasteiger charge is -2.15. The molecule has 5 heteroatoms. The maximum atomic E-state index is 6.07. The minimum absolute atomic E-state index is 0.321. The first kappa shape index (κ1) is 12.1. The van der Waals surface area contributed by atoms with Gasteiger partial charge < -0.3 is 10.1 Å². The van der Waals surface area contributed by atoms with E-state index < -0.39 is 0 Å². The number of aromatic nitrogens is 1. The van der Waals surface area contributed by atoms with Crippen molar-refractivity contribution in [2.45, 2.75) is 19.4 Å². The molecule has 2 atom stereocenters. The second-order valence-corrected chi connectivity index (χ2v) is 5.31. The molecule has 88 valence electrons. The lowest BCUT2D eigenvalue weighted by atomic mass is 10.0. The van der Waals surface area contributed by atoms with E-state index in [0.29, 0.717) is 17.0 Å². The first-order chi connectivity index (χ1) is 7.66. The Bertz CT molecular complexity index is 375. The zero-order valence-corrected chi connectivity index (χ0v) is 11.4. The van der Waals surface area contributed by atoms with E-state index in [1.165, 1.54) is 0 Å². The Kier molecular flexibility index (Phi) is 4.05. The van der Waals surface area contributed by atoms with Gasteiger partial charge in [0.05, 0.1) is 11.1 Å². The number of hydrogen-bond acceptors (Lipinski definition) is 3. The van der Waals surface area contributed by atoms with Crippen LogP contribution in [0.15, 0.2) is 16.7 Å². The predicted molar refractivity (Wildman–Crippen MR) is 69.0 cm³/mol. The fourth-order valence-electron chi connectivity index (χ4n) is 1.82. The number of nitrogens with zero attached hydrogens (tertiary/aromatic N) is 1. The highest BCUT2D eigenvalue weighted by molar-refractivity contribution is 9.10. The van der Waals surface area contributed by atoms with Crippen molar-refractivity contribution in [1.82, 2.24) is 4.98 Å². The zero-order chi connectivity index (χ0) is 11.5. The van der Waals surface area contributed by atoms with E-state index in [-0.39, 0.29) is 0 Å². The smallest absolute Gasteiger partial charge is 0.144 e. The zero-order valence-electron chi connectivity index (χ0n) is 9.04. The Labute approximate surface area is 109 Å². The Morgan fingerprint density at radius 2 is 2.50 bits per heavy atom. The van der Waals surface area contributed by atoms with Crippen LogP contribution >= 0.6 is 27.5 Å². The average Bonchev–Trinajstić information content (AvgIpc) is 2.63. The van der Waals surface area contributed by atoms with Crippen molar-refractivity contribution in [3.05, 3.63) is 21.8 Å². The van der Waals surface area contributed by atoms with E-state index in [1.54, 1.807) is 6.20 Å². The van der Waals surface area contributed by atoms with Crippen LogP contribution in [0.1, 0.15) is 13.3 Å². The SMILES string of the molecule is CC1OCCC1CNc1ncc(Br)cc1Cl. The van der Waals surface area contributed by atoms with Gasteiger partial charge in [-0.2, -0.15) is 0 Å². The van der Waals surface area contributed by atoms with Crippen LogP contribution in [0.2, 0.25) is 5.02 Å². The molecule has 1 saturated heterocycles. The first-order valence-electron chi connectivity index (χ1n) is 5.33. The summed E-state index contributed by atoms with van der Waals surface area (Å²) >= 11 is 9.39. The molecule has 1 aromatic rings. The summed E-state index contributed by atoms with van der Waals surface area (Å²) in [4.78, 5) is 4.23. The molecular weight excluding hydrogens is 291 g/mol. The van der Waals surface area contributed by atoms with Gasteiger partial charge in [0.1, 0.15) is 5.82 Å². The third-order valence-corrected chi connectivity index (χ3v) is 3.59. The monoisotopic (exact) mass is 304 g/mol. The molecule has 2 unspecified atom stereocenters. The molecule has 0 aliphatic carbocycles. The highest BCUT2D eigenvalue weighted by Crippen LogP contribution is 2.25. The number of pyridine rings is 1. The van der Waals surface area contributed by atoms with E-state index >= 15 is 0 Å². The van der Waals surface area contributed by atoms with Crippen LogP contribution in [-0.4, -0.2) is 24.2 Å². The van der Waals surface area contributed by atoms with Crippen LogP contribution in [0, 0.1) is 5.92 Å². The van der Waals surface area contributed by atoms with Crippen LogP contribution in [0.25, 0.3) is 0 Å². The molecule has 0 aromatic carbocycles. The molecule has 1 aliphatic heterocycles. The summed E-state index contributed by atoms with van der Waals surface area (Å²) in [5, 5.41) is 3.91. The van der Waals surface area contributed by atoms with Gasteiger partial charge >= 0.3 is 0 Å². The number of hydrogen-bond donors (Lipinski definition) is 1. The molecule has 16 heavy (non-hydrogen) atoms. The molecule has 0 radical (unpaired) electrons. The second kappa shape index (κ2) is 5.34. The number of ether oxygens (including phenoxy) is 1. The molecule has 1 aliphatic rings. The van der Waals surface area contributed by atoms with Gasteiger partial charge in [0.15, 0.2) is 0 Å². The Morgan fingerprint density at radius 3 is 3.12 bits per heavy atom. The Hall–Kier alpha value is -0.320. The lowest BCUT2D eigenvalue weighted by molar-refractivity contribution is 0.108. The van der Waals surface area contributed by atoms with Gasteiger partial charge in [-0.15, -0.1) is 0 Å². The first-order valence-corrected chi connectivity index (χ1v) is 6.50. The molecule has 1 aromatic heterocycles. The van der Waals surface area contributed by atoms with Gasteiger partial charge in [-0.3, -0.25) is 0 Å².